The number of hydrogen-bond acceptors (Lipinski definition) is 10. The third kappa shape index (κ3) is 9.53. The van der Waals surface area contributed by atoms with E-state index in [-0.39, 0.29) is 13.2 Å². The van der Waals surface area contributed by atoms with Crippen molar-refractivity contribution < 1.29 is 47.6 Å². The quantitative estimate of drug-likeness (QED) is 0.422. The van der Waals surface area contributed by atoms with Gasteiger partial charge in [0.1, 0.15) is 17.7 Å². The van der Waals surface area contributed by atoms with Crippen LogP contribution < -0.4 is 5.32 Å². The summed E-state index contributed by atoms with van der Waals surface area (Å²) in [6.45, 7) is 8.63. The summed E-state index contributed by atoms with van der Waals surface area (Å²) in [5.41, 5.74) is 0.0567. The third-order valence-electron chi connectivity index (χ3n) is 4.61. The number of alkyl carbamates (subject to hydrolysis) is 1. The Bertz CT molecular complexity index is 882. The van der Waals surface area contributed by atoms with Crippen LogP contribution in [0.4, 0.5) is 4.79 Å². The second-order valence-corrected chi connectivity index (χ2v) is 8.97. The standard InChI is InChI=1S/C24H33NO10/c1-14(26)31-20-18(13-30-12-17-10-8-7-9-11-17)34-22(33-16(3)28)19(21(20)32-15(2)27)25-23(29)35-24(4,5)6/h7-11,18-22H,12-13H2,1-6H3,(H,25,29)/t18-,19-,20-,21-,22?/m1/s1. The van der Waals surface area contributed by atoms with Gasteiger partial charge < -0.3 is 33.7 Å². The number of hydrogen-bond donors (Lipinski definition) is 1. The number of nitrogens with one attached hydrogen (secondary N) is 1. The first-order valence-corrected chi connectivity index (χ1v) is 11.1. The Kier molecular flexibility index (Phi) is 10.0. The molecule has 1 aromatic carbocycles. The van der Waals surface area contributed by atoms with Crippen LogP contribution >= 0.6 is 0 Å². The highest BCUT2D eigenvalue weighted by atomic mass is 16.7. The molecule has 0 aromatic heterocycles. The van der Waals surface area contributed by atoms with E-state index in [1.165, 1.54) is 6.92 Å². The zero-order valence-corrected chi connectivity index (χ0v) is 20.8. The third-order valence-corrected chi connectivity index (χ3v) is 4.61. The zero-order chi connectivity index (χ0) is 26.2. The normalized spacial score (nSPS) is 24.1. The minimum absolute atomic E-state index is 0.0957. The predicted molar refractivity (Wildman–Crippen MR) is 121 cm³/mol. The van der Waals surface area contributed by atoms with Crippen molar-refractivity contribution in [3.63, 3.8) is 0 Å². The van der Waals surface area contributed by atoms with Gasteiger partial charge in [0, 0.05) is 20.8 Å². The van der Waals surface area contributed by atoms with Gasteiger partial charge in [-0.05, 0) is 26.3 Å². The highest BCUT2D eigenvalue weighted by Crippen LogP contribution is 2.28. The van der Waals surface area contributed by atoms with Crippen molar-refractivity contribution in [2.24, 2.45) is 0 Å². The molecule has 194 valence electrons. The van der Waals surface area contributed by atoms with Gasteiger partial charge in [-0.2, -0.15) is 0 Å². The molecule has 35 heavy (non-hydrogen) atoms. The number of ether oxygens (including phenoxy) is 6. The maximum atomic E-state index is 12.5. The summed E-state index contributed by atoms with van der Waals surface area (Å²) in [7, 11) is 0. The first-order chi connectivity index (χ1) is 16.4. The van der Waals surface area contributed by atoms with E-state index in [2.05, 4.69) is 5.32 Å². The summed E-state index contributed by atoms with van der Waals surface area (Å²) < 4.78 is 33.1. The van der Waals surface area contributed by atoms with Crippen molar-refractivity contribution in [1.82, 2.24) is 5.32 Å². The van der Waals surface area contributed by atoms with Crippen LogP contribution in [0, 0.1) is 0 Å². The van der Waals surface area contributed by atoms with Gasteiger partial charge >= 0.3 is 24.0 Å². The second-order valence-electron chi connectivity index (χ2n) is 8.97. The molecule has 11 heteroatoms. The molecule has 0 aliphatic carbocycles. The fraction of sp³-hybridized carbons (Fsp3) is 0.583. The molecule has 1 unspecified atom stereocenters. The fourth-order valence-corrected chi connectivity index (χ4v) is 3.43. The van der Waals surface area contributed by atoms with E-state index in [0.717, 1.165) is 19.4 Å². The lowest BCUT2D eigenvalue weighted by Crippen LogP contribution is -2.67. The van der Waals surface area contributed by atoms with Crippen molar-refractivity contribution in [2.45, 2.75) is 84.4 Å². The first-order valence-electron chi connectivity index (χ1n) is 11.1. The molecule has 1 aromatic rings. The number of rotatable bonds is 8. The van der Waals surface area contributed by atoms with Gasteiger partial charge in [-0.25, -0.2) is 4.79 Å². The highest BCUT2D eigenvalue weighted by molar-refractivity contribution is 5.70. The van der Waals surface area contributed by atoms with Gasteiger partial charge in [0.15, 0.2) is 12.2 Å². The molecule has 11 nitrogen and oxygen atoms in total. The van der Waals surface area contributed by atoms with E-state index in [4.69, 9.17) is 28.4 Å². The maximum absolute atomic E-state index is 12.5. The van der Waals surface area contributed by atoms with E-state index in [0.29, 0.717) is 0 Å². The summed E-state index contributed by atoms with van der Waals surface area (Å²) >= 11 is 0. The number of carbonyl (C=O) groups excluding carboxylic acids is 4. The number of benzene rings is 1. The maximum Gasteiger partial charge on any atom is 0.408 e. The molecule has 1 N–H and O–H groups in total. The fourth-order valence-electron chi connectivity index (χ4n) is 3.43. The monoisotopic (exact) mass is 495 g/mol. The Hall–Kier alpha value is -3.18. The Balaban J connectivity index is 2.33. The average molecular weight is 496 g/mol. The topological polar surface area (TPSA) is 136 Å². The Morgan fingerprint density at radius 1 is 0.886 bits per heavy atom. The van der Waals surface area contributed by atoms with Crippen LogP contribution in [0.1, 0.15) is 47.1 Å². The molecule has 0 spiro atoms. The van der Waals surface area contributed by atoms with Gasteiger partial charge in [-0.1, -0.05) is 30.3 Å². The van der Waals surface area contributed by atoms with Crippen molar-refractivity contribution in [1.29, 1.82) is 0 Å². The minimum atomic E-state index is -1.39. The van der Waals surface area contributed by atoms with Crippen LogP contribution in [0.25, 0.3) is 0 Å². The molecule has 1 saturated heterocycles. The number of amides is 1. The lowest BCUT2D eigenvalue weighted by atomic mass is 9.96. The van der Waals surface area contributed by atoms with Gasteiger partial charge in [0.2, 0.25) is 6.29 Å². The van der Waals surface area contributed by atoms with Crippen LogP contribution in [0.3, 0.4) is 0 Å². The molecule has 0 bridgehead atoms. The SMILES string of the molecule is CC(=O)OC1O[C@H](COCc2ccccc2)[C@@H](OC(C)=O)[C@H](OC(C)=O)[C@H]1NC(=O)OC(C)(C)C. The van der Waals surface area contributed by atoms with E-state index in [9.17, 15) is 19.2 Å². The molecular formula is C24H33NO10. The summed E-state index contributed by atoms with van der Waals surface area (Å²) in [6.07, 6.45) is -5.71. The number of esters is 3. The van der Waals surface area contributed by atoms with Gasteiger partial charge in [0.05, 0.1) is 13.2 Å². The van der Waals surface area contributed by atoms with Crippen molar-refractivity contribution in [2.75, 3.05) is 6.61 Å². The van der Waals surface area contributed by atoms with Crippen LogP contribution in [-0.2, 0) is 49.4 Å². The van der Waals surface area contributed by atoms with Crippen molar-refractivity contribution in [3.8, 4) is 0 Å². The molecule has 1 fully saturated rings. The molecule has 2 rings (SSSR count). The molecule has 1 amide bonds. The molecular weight excluding hydrogens is 462 g/mol. The van der Waals surface area contributed by atoms with E-state index >= 15 is 0 Å². The zero-order valence-electron chi connectivity index (χ0n) is 20.8. The predicted octanol–water partition coefficient (Wildman–Crippen LogP) is 2.25. The van der Waals surface area contributed by atoms with Crippen molar-refractivity contribution >= 4 is 24.0 Å². The van der Waals surface area contributed by atoms with Gasteiger partial charge in [-0.15, -0.1) is 0 Å². The molecule has 1 aliphatic heterocycles. The average Bonchev–Trinajstić information content (AvgIpc) is 2.71. The largest absolute Gasteiger partial charge is 0.456 e. The van der Waals surface area contributed by atoms with Crippen LogP contribution in [-0.4, -0.2) is 66.9 Å². The molecule has 0 radical (unpaired) electrons. The van der Waals surface area contributed by atoms with Crippen LogP contribution in [0.15, 0.2) is 30.3 Å². The van der Waals surface area contributed by atoms with E-state index < -0.39 is 60.2 Å². The highest BCUT2D eigenvalue weighted by Gasteiger charge is 2.52. The lowest BCUT2D eigenvalue weighted by molar-refractivity contribution is -0.272. The van der Waals surface area contributed by atoms with Crippen molar-refractivity contribution in [3.05, 3.63) is 35.9 Å². The summed E-state index contributed by atoms with van der Waals surface area (Å²) in [6, 6.07) is 8.09. The van der Waals surface area contributed by atoms with Gasteiger partial charge in [0.25, 0.3) is 0 Å². The van der Waals surface area contributed by atoms with E-state index in [1.807, 2.05) is 30.3 Å². The Morgan fingerprint density at radius 3 is 2.00 bits per heavy atom. The molecule has 5 atom stereocenters. The molecule has 1 heterocycles. The van der Waals surface area contributed by atoms with Crippen LogP contribution in [0.5, 0.6) is 0 Å². The second kappa shape index (κ2) is 12.5. The minimum Gasteiger partial charge on any atom is -0.456 e. The Morgan fingerprint density at radius 2 is 1.46 bits per heavy atom. The van der Waals surface area contributed by atoms with E-state index in [1.54, 1.807) is 20.8 Å². The van der Waals surface area contributed by atoms with Gasteiger partial charge in [-0.3, -0.25) is 14.4 Å². The summed E-state index contributed by atoms with van der Waals surface area (Å²) in [4.78, 5) is 48.2. The first kappa shape index (κ1) is 28.1. The molecule has 1 aliphatic rings. The molecule has 0 saturated carbocycles. The number of carbonyl (C=O) groups is 4. The van der Waals surface area contributed by atoms with Crippen LogP contribution in [0.2, 0.25) is 0 Å². The Labute approximate surface area is 204 Å². The lowest BCUT2D eigenvalue weighted by Gasteiger charge is -2.44. The summed E-state index contributed by atoms with van der Waals surface area (Å²) in [5, 5.41) is 2.52. The smallest absolute Gasteiger partial charge is 0.408 e. The summed E-state index contributed by atoms with van der Waals surface area (Å²) in [5.74, 6) is -2.09.